The number of amides is 1. The van der Waals surface area contributed by atoms with E-state index in [9.17, 15) is 22.8 Å². The Hall–Kier alpha value is -3.30. The molecule has 0 saturated carbocycles. The van der Waals surface area contributed by atoms with Gasteiger partial charge in [-0.15, -0.1) is 0 Å². The smallest absolute Gasteiger partial charge is 0.250 e. The number of nitrogens with one attached hydrogen (secondary N) is 1. The minimum atomic E-state index is -3.22. The number of benzene rings is 2. The molecular formula is C24H25N3O5S. The van der Waals surface area contributed by atoms with Gasteiger partial charge in [0.05, 0.1) is 16.8 Å². The van der Waals surface area contributed by atoms with Gasteiger partial charge in [-0.05, 0) is 72.7 Å². The third-order valence-corrected chi connectivity index (χ3v) is 8.20. The Labute approximate surface area is 191 Å². The molecule has 0 unspecified atom stereocenters. The molecule has 1 amide bonds. The third kappa shape index (κ3) is 4.34. The zero-order valence-corrected chi connectivity index (χ0v) is 19.0. The van der Waals surface area contributed by atoms with E-state index in [0.29, 0.717) is 71.8 Å². The van der Waals surface area contributed by atoms with Crippen molar-refractivity contribution in [1.82, 2.24) is 9.29 Å². The van der Waals surface area contributed by atoms with Gasteiger partial charge in [0, 0.05) is 35.8 Å². The van der Waals surface area contributed by atoms with Gasteiger partial charge in [0.1, 0.15) is 12.6 Å². The Morgan fingerprint density at radius 1 is 1.06 bits per heavy atom. The highest BCUT2D eigenvalue weighted by molar-refractivity contribution is 7.89. The van der Waals surface area contributed by atoms with Crippen LogP contribution in [0.2, 0.25) is 0 Å². The van der Waals surface area contributed by atoms with Gasteiger partial charge < -0.3 is 10.7 Å². The van der Waals surface area contributed by atoms with Crippen molar-refractivity contribution < 1.29 is 22.8 Å². The number of piperidine rings is 1. The molecule has 172 valence electrons. The molecular weight excluding hydrogens is 442 g/mol. The number of nitrogens with zero attached hydrogens (tertiary/aromatic N) is 1. The average Bonchev–Trinajstić information content (AvgIpc) is 3.27. The number of rotatable bonds is 7. The molecule has 3 N–H and O–H groups in total. The van der Waals surface area contributed by atoms with Crippen LogP contribution >= 0.6 is 0 Å². The summed E-state index contributed by atoms with van der Waals surface area (Å²) in [7, 11) is -3.22. The van der Waals surface area contributed by atoms with E-state index in [-0.39, 0.29) is 11.7 Å². The van der Waals surface area contributed by atoms with E-state index in [1.54, 1.807) is 25.1 Å². The minimum absolute atomic E-state index is 0.0821. The summed E-state index contributed by atoms with van der Waals surface area (Å²) in [5, 5.41) is 0.822. The number of hydrogen-bond donors (Lipinski definition) is 2. The largest absolute Gasteiger partial charge is 0.366 e. The average molecular weight is 468 g/mol. The molecule has 33 heavy (non-hydrogen) atoms. The molecule has 0 aliphatic carbocycles. The van der Waals surface area contributed by atoms with Crippen molar-refractivity contribution in [2.45, 2.75) is 25.7 Å². The summed E-state index contributed by atoms with van der Waals surface area (Å²) in [6.07, 6.45) is 4.53. The van der Waals surface area contributed by atoms with Crippen molar-refractivity contribution in [1.29, 1.82) is 0 Å². The van der Waals surface area contributed by atoms with E-state index in [0.717, 1.165) is 10.9 Å². The summed E-state index contributed by atoms with van der Waals surface area (Å²) < 4.78 is 25.9. The number of H-pyrrole nitrogens is 1. The van der Waals surface area contributed by atoms with Gasteiger partial charge in [-0.3, -0.25) is 14.4 Å². The van der Waals surface area contributed by atoms with E-state index in [2.05, 4.69) is 4.98 Å². The Kier molecular flexibility index (Phi) is 6.18. The quantitative estimate of drug-likeness (QED) is 0.516. The van der Waals surface area contributed by atoms with Crippen LogP contribution in [0.3, 0.4) is 0 Å². The van der Waals surface area contributed by atoms with Gasteiger partial charge >= 0.3 is 0 Å². The first-order chi connectivity index (χ1) is 15.8. The topological polar surface area (TPSA) is 130 Å². The highest BCUT2D eigenvalue weighted by Crippen LogP contribution is 2.37. The summed E-state index contributed by atoms with van der Waals surface area (Å²) >= 11 is 0. The van der Waals surface area contributed by atoms with Crippen LogP contribution in [0.5, 0.6) is 0 Å². The minimum Gasteiger partial charge on any atom is -0.366 e. The first-order valence-corrected chi connectivity index (χ1v) is 12.4. The zero-order valence-electron chi connectivity index (χ0n) is 18.2. The molecule has 1 aliphatic rings. The van der Waals surface area contributed by atoms with Crippen LogP contribution < -0.4 is 5.73 Å². The molecule has 1 saturated heterocycles. The number of hydrogen-bond acceptors (Lipinski definition) is 5. The van der Waals surface area contributed by atoms with Crippen LogP contribution in [-0.2, 0) is 10.0 Å². The lowest BCUT2D eigenvalue weighted by Gasteiger charge is -2.31. The third-order valence-electron chi connectivity index (χ3n) is 6.32. The Morgan fingerprint density at radius 2 is 1.67 bits per heavy atom. The highest BCUT2D eigenvalue weighted by atomic mass is 32.2. The lowest BCUT2D eigenvalue weighted by molar-refractivity contribution is 0.100. The predicted molar refractivity (Wildman–Crippen MR) is 126 cm³/mol. The summed E-state index contributed by atoms with van der Waals surface area (Å²) in [6.45, 7) is 2.53. The fourth-order valence-corrected chi connectivity index (χ4v) is 5.69. The normalized spacial score (nSPS) is 15.5. The maximum atomic E-state index is 12.2. The molecule has 2 heterocycles. The number of nitrogens with two attached hydrogens (primary N) is 1. The van der Waals surface area contributed by atoms with Gasteiger partial charge in [-0.25, -0.2) is 12.7 Å². The Morgan fingerprint density at radius 3 is 2.21 bits per heavy atom. The van der Waals surface area contributed by atoms with Crippen molar-refractivity contribution in [3.8, 4) is 11.1 Å². The summed E-state index contributed by atoms with van der Waals surface area (Å²) in [5.41, 5.74) is 9.58. The van der Waals surface area contributed by atoms with Crippen molar-refractivity contribution in [3.63, 3.8) is 0 Å². The van der Waals surface area contributed by atoms with Crippen LogP contribution in [0.25, 0.3) is 22.0 Å². The number of carbonyl (C=O) groups excluding carboxylic acids is 3. The van der Waals surface area contributed by atoms with Crippen LogP contribution in [-0.4, -0.2) is 55.0 Å². The number of aldehydes is 2. The zero-order chi connectivity index (χ0) is 23.8. The predicted octanol–water partition coefficient (Wildman–Crippen LogP) is 3.09. The number of aromatic nitrogens is 1. The number of fused-ring (bicyclic) bond motifs is 1. The molecule has 3 aromatic rings. The molecule has 9 heteroatoms. The lowest BCUT2D eigenvalue weighted by Crippen LogP contribution is -2.38. The summed E-state index contributed by atoms with van der Waals surface area (Å²) in [5.74, 6) is -0.398. The molecule has 2 aromatic carbocycles. The van der Waals surface area contributed by atoms with Crippen LogP contribution in [0.15, 0.2) is 36.5 Å². The van der Waals surface area contributed by atoms with E-state index >= 15 is 0 Å². The molecule has 1 aliphatic heterocycles. The SMILES string of the molecule is CCS(=O)(=O)N1CCC(c2c[nH]c3c(C(N)=O)cc(-c4cc(C=O)cc(C=O)c4)cc23)CC1. The molecule has 4 rings (SSSR count). The highest BCUT2D eigenvalue weighted by Gasteiger charge is 2.29. The first kappa shape index (κ1) is 22.9. The monoisotopic (exact) mass is 467 g/mol. The number of carbonyl (C=O) groups is 3. The molecule has 1 aromatic heterocycles. The Balaban J connectivity index is 1.79. The van der Waals surface area contributed by atoms with Crippen LogP contribution in [0, 0.1) is 0 Å². The first-order valence-electron chi connectivity index (χ1n) is 10.8. The van der Waals surface area contributed by atoms with E-state index < -0.39 is 15.9 Å². The van der Waals surface area contributed by atoms with Crippen LogP contribution in [0.1, 0.15) is 62.3 Å². The molecule has 1 fully saturated rings. The maximum absolute atomic E-state index is 12.2. The van der Waals surface area contributed by atoms with Gasteiger partial charge in [0.25, 0.3) is 5.91 Å². The summed E-state index contributed by atoms with van der Waals surface area (Å²) in [4.78, 5) is 38.1. The molecule has 8 nitrogen and oxygen atoms in total. The van der Waals surface area contributed by atoms with Gasteiger partial charge in [-0.2, -0.15) is 0 Å². The number of primary amides is 1. The Bertz CT molecular complexity index is 1330. The second kappa shape index (κ2) is 8.92. The lowest BCUT2D eigenvalue weighted by atomic mass is 9.88. The summed E-state index contributed by atoms with van der Waals surface area (Å²) in [6, 6.07) is 8.39. The molecule has 0 radical (unpaired) electrons. The fourth-order valence-electron chi connectivity index (χ4n) is 4.56. The van der Waals surface area contributed by atoms with Gasteiger partial charge in [0.2, 0.25) is 10.0 Å². The van der Waals surface area contributed by atoms with E-state index in [4.69, 9.17) is 5.73 Å². The standard InChI is InChI=1S/C24H25N3O5S/c1-2-33(31,32)27-5-3-17(4-6-27)22-12-26-23-20(22)10-19(11-21(23)24(25)30)18-8-15(13-28)7-16(9-18)14-29/h7-14,17,26H,2-6H2,1H3,(H2,25,30). The van der Waals surface area contributed by atoms with Crippen molar-refractivity contribution in [2.24, 2.45) is 5.73 Å². The van der Waals surface area contributed by atoms with Gasteiger partial charge in [-0.1, -0.05) is 0 Å². The van der Waals surface area contributed by atoms with Crippen molar-refractivity contribution in [3.05, 3.63) is 58.8 Å². The van der Waals surface area contributed by atoms with Crippen LogP contribution in [0.4, 0.5) is 0 Å². The second-order valence-electron chi connectivity index (χ2n) is 8.25. The van der Waals surface area contributed by atoms with E-state index in [1.165, 1.54) is 10.4 Å². The molecule has 0 spiro atoms. The van der Waals surface area contributed by atoms with E-state index in [1.807, 2.05) is 12.3 Å². The van der Waals surface area contributed by atoms with Gasteiger partial charge in [0.15, 0.2) is 0 Å². The van der Waals surface area contributed by atoms with Crippen molar-refractivity contribution >= 4 is 39.4 Å². The number of sulfonamides is 1. The second-order valence-corrected chi connectivity index (χ2v) is 10.5. The number of aromatic amines is 1. The maximum Gasteiger partial charge on any atom is 0.250 e. The molecule has 0 atom stereocenters. The fraction of sp³-hybridized carbons (Fsp3) is 0.292. The van der Waals surface area contributed by atoms with Crippen molar-refractivity contribution in [2.75, 3.05) is 18.8 Å². The molecule has 0 bridgehead atoms.